The van der Waals surface area contributed by atoms with Gasteiger partial charge in [0.25, 0.3) is 5.91 Å². The average Bonchev–Trinajstić information content (AvgIpc) is 3.49. The number of hydrogen-bond acceptors (Lipinski definition) is 6. The van der Waals surface area contributed by atoms with Crippen molar-refractivity contribution in [1.29, 1.82) is 0 Å². The highest BCUT2D eigenvalue weighted by Gasteiger charge is 2.34. The lowest BCUT2D eigenvalue weighted by atomic mass is 10.2. The molecule has 1 aromatic carbocycles. The highest BCUT2D eigenvalue weighted by atomic mass is 32.2. The molecule has 2 aliphatic heterocycles. The number of para-hydroxylation sites is 1. The van der Waals surface area contributed by atoms with Crippen LogP contribution < -0.4 is 9.80 Å². The molecule has 0 atom stereocenters. The summed E-state index contributed by atoms with van der Waals surface area (Å²) in [4.78, 5) is 21.9. The first-order valence-corrected chi connectivity index (χ1v) is 11.4. The van der Waals surface area contributed by atoms with Gasteiger partial charge in [0.15, 0.2) is 4.32 Å². The first kappa shape index (κ1) is 20.0. The Morgan fingerprint density at radius 2 is 1.81 bits per heavy atom. The molecule has 1 amide bonds. The minimum Gasteiger partial charge on any atom is -0.356 e. The van der Waals surface area contributed by atoms with E-state index in [4.69, 9.17) is 17.3 Å². The smallest absolute Gasteiger partial charge is 0.270 e. The minimum absolute atomic E-state index is 0.123. The number of rotatable bonds is 4. The zero-order valence-corrected chi connectivity index (χ0v) is 18.7. The highest BCUT2D eigenvalue weighted by molar-refractivity contribution is 8.27. The number of hydrogen-bond donors (Lipinski definition) is 0. The van der Waals surface area contributed by atoms with Crippen LogP contribution in [0.15, 0.2) is 59.8 Å². The Kier molecular flexibility index (Phi) is 5.33. The molecule has 156 valence electrons. The molecule has 0 bridgehead atoms. The molecule has 0 N–H and O–H groups in total. The summed E-state index contributed by atoms with van der Waals surface area (Å²) in [5.41, 5.74) is 3.55. The molecular weight excluding hydrogens is 426 g/mol. The van der Waals surface area contributed by atoms with Crippen molar-refractivity contribution in [3.63, 3.8) is 0 Å². The molecule has 2 aliphatic rings. The van der Waals surface area contributed by atoms with Crippen molar-refractivity contribution in [3.8, 4) is 5.69 Å². The van der Waals surface area contributed by atoms with Crippen molar-refractivity contribution in [2.45, 2.75) is 19.8 Å². The number of aryl methyl sites for hydroxylation is 1. The number of aromatic nitrogens is 3. The van der Waals surface area contributed by atoms with E-state index in [1.165, 1.54) is 11.8 Å². The molecule has 0 unspecified atom stereocenters. The predicted molar refractivity (Wildman–Crippen MR) is 130 cm³/mol. The summed E-state index contributed by atoms with van der Waals surface area (Å²) in [6.07, 6.45) is 7.59. The zero-order chi connectivity index (χ0) is 21.4. The quantitative estimate of drug-likeness (QED) is 0.431. The van der Waals surface area contributed by atoms with Crippen LogP contribution in [0.5, 0.6) is 0 Å². The first-order chi connectivity index (χ1) is 15.1. The fraction of sp³-hybridized carbons (Fsp3) is 0.217. The van der Waals surface area contributed by atoms with E-state index in [1.54, 1.807) is 23.4 Å². The lowest BCUT2D eigenvalue weighted by Gasteiger charge is -2.20. The van der Waals surface area contributed by atoms with Gasteiger partial charge in [-0.15, -0.1) is 0 Å². The van der Waals surface area contributed by atoms with E-state index in [0.29, 0.717) is 14.9 Å². The van der Waals surface area contributed by atoms with Gasteiger partial charge in [-0.1, -0.05) is 42.2 Å². The molecule has 8 heteroatoms. The number of carbonyl (C=O) groups is 1. The fourth-order valence-corrected chi connectivity index (χ4v) is 5.27. The number of thiocarbonyl (C=S) groups is 1. The van der Waals surface area contributed by atoms with Crippen molar-refractivity contribution in [1.82, 2.24) is 14.8 Å². The molecule has 0 radical (unpaired) electrons. The Bertz CT molecular complexity index is 1170. The molecule has 2 saturated heterocycles. The summed E-state index contributed by atoms with van der Waals surface area (Å²) < 4.78 is 2.51. The third-order valence-corrected chi connectivity index (χ3v) is 6.76. The summed E-state index contributed by atoms with van der Waals surface area (Å²) in [6.45, 7) is 3.96. The molecule has 6 nitrogen and oxygen atoms in total. The van der Waals surface area contributed by atoms with Gasteiger partial charge in [-0.3, -0.25) is 14.7 Å². The topological polar surface area (TPSA) is 54.3 Å². The number of thioether (sulfide) groups is 1. The molecule has 0 saturated carbocycles. The van der Waals surface area contributed by atoms with Gasteiger partial charge in [-0.05, 0) is 50.1 Å². The van der Waals surface area contributed by atoms with Gasteiger partial charge < -0.3 is 4.90 Å². The van der Waals surface area contributed by atoms with Crippen LogP contribution in [0.4, 0.5) is 11.5 Å². The second kappa shape index (κ2) is 8.28. The SMILES string of the molecule is Cc1nn(-c2ccccc2)c(N2CCCC2)c1/C=C1\SC(=S)N(c2cccnc2)C1=O. The lowest BCUT2D eigenvalue weighted by molar-refractivity contribution is -0.113. The molecular formula is C23H21N5OS2. The Balaban J connectivity index is 1.59. The Morgan fingerprint density at radius 3 is 2.52 bits per heavy atom. The summed E-state index contributed by atoms with van der Waals surface area (Å²) >= 11 is 6.84. The summed E-state index contributed by atoms with van der Waals surface area (Å²) in [6, 6.07) is 13.8. The van der Waals surface area contributed by atoms with Crippen molar-refractivity contribution in [2.75, 3.05) is 22.9 Å². The monoisotopic (exact) mass is 447 g/mol. The molecule has 2 aromatic heterocycles. The molecule has 3 aromatic rings. The van der Waals surface area contributed by atoms with E-state index in [1.807, 2.05) is 41.9 Å². The normalized spacial score (nSPS) is 17.9. The van der Waals surface area contributed by atoms with Crippen LogP contribution in [0.1, 0.15) is 24.1 Å². The third-order valence-electron chi connectivity index (χ3n) is 5.46. The van der Waals surface area contributed by atoms with Crippen LogP contribution in [0.2, 0.25) is 0 Å². The largest absolute Gasteiger partial charge is 0.356 e. The number of nitrogens with zero attached hydrogens (tertiary/aromatic N) is 5. The fourth-order valence-electron chi connectivity index (χ4n) is 3.99. The van der Waals surface area contributed by atoms with Gasteiger partial charge in [0, 0.05) is 24.8 Å². The van der Waals surface area contributed by atoms with Crippen molar-refractivity contribution >= 4 is 51.8 Å². The summed E-state index contributed by atoms with van der Waals surface area (Å²) in [7, 11) is 0. The first-order valence-electron chi connectivity index (χ1n) is 10.2. The van der Waals surface area contributed by atoms with Crippen molar-refractivity contribution in [3.05, 3.63) is 71.0 Å². The third kappa shape index (κ3) is 3.66. The number of amides is 1. The predicted octanol–water partition coefficient (Wildman–Crippen LogP) is 4.58. The Morgan fingerprint density at radius 1 is 1.06 bits per heavy atom. The molecule has 4 heterocycles. The average molecular weight is 448 g/mol. The van der Waals surface area contributed by atoms with Crippen LogP contribution in [0.3, 0.4) is 0 Å². The van der Waals surface area contributed by atoms with Crippen LogP contribution in [-0.2, 0) is 4.79 Å². The van der Waals surface area contributed by atoms with Gasteiger partial charge >= 0.3 is 0 Å². The lowest BCUT2D eigenvalue weighted by Crippen LogP contribution is -2.27. The van der Waals surface area contributed by atoms with E-state index in [-0.39, 0.29) is 5.91 Å². The van der Waals surface area contributed by atoms with E-state index >= 15 is 0 Å². The second-order valence-electron chi connectivity index (χ2n) is 7.49. The van der Waals surface area contributed by atoms with Gasteiger partial charge in [-0.2, -0.15) is 5.10 Å². The van der Waals surface area contributed by atoms with Crippen LogP contribution in [0, 0.1) is 6.92 Å². The van der Waals surface area contributed by atoms with E-state index < -0.39 is 0 Å². The molecule has 31 heavy (non-hydrogen) atoms. The molecule has 5 rings (SSSR count). The van der Waals surface area contributed by atoms with Crippen molar-refractivity contribution in [2.24, 2.45) is 0 Å². The number of benzene rings is 1. The molecule has 2 fully saturated rings. The number of pyridine rings is 1. The highest BCUT2D eigenvalue weighted by Crippen LogP contribution is 2.38. The van der Waals surface area contributed by atoms with Gasteiger partial charge in [0.05, 0.1) is 28.2 Å². The summed E-state index contributed by atoms with van der Waals surface area (Å²) in [5, 5.41) is 4.84. The van der Waals surface area contributed by atoms with Crippen LogP contribution in [0.25, 0.3) is 11.8 Å². The second-order valence-corrected chi connectivity index (χ2v) is 9.17. The van der Waals surface area contributed by atoms with Gasteiger partial charge in [-0.25, -0.2) is 4.68 Å². The maximum atomic E-state index is 13.2. The van der Waals surface area contributed by atoms with E-state index in [0.717, 1.165) is 48.7 Å². The Hall–Kier alpha value is -2.97. The van der Waals surface area contributed by atoms with Crippen LogP contribution in [-0.4, -0.2) is 38.1 Å². The minimum atomic E-state index is -0.123. The maximum Gasteiger partial charge on any atom is 0.270 e. The molecule has 0 spiro atoms. The van der Waals surface area contributed by atoms with E-state index in [9.17, 15) is 4.79 Å². The van der Waals surface area contributed by atoms with Gasteiger partial charge in [0.2, 0.25) is 0 Å². The van der Waals surface area contributed by atoms with Crippen LogP contribution >= 0.6 is 24.0 Å². The van der Waals surface area contributed by atoms with Crippen molar-refractivity contribution < 1.29 is 4.79 Å². The number of carbonyl (C=O) groups excluding carboxylic acids is 1. The molecule has 0 aliphatic carbocycles. The number of anilines is 2. The summed E-state index contributed by atoms with van der Waals surface area (Å²) in [5.74, 6) is 0.912. The maximum absolute atomic E-state index is 13.2. The van der Waals surface area contributed by atoms with Gasteiger partial charge in [0.1, 0.15) is 5.82 Å². The Labute approximate surface area is 190 Å². The standard InChI is InChI=1S/C23H21N5OS2/c1-16-19(14-20-22(29)27(23(30)31-20)18-10-7-11-24-15-18)21(26-12-5-6-13-26)28(25-16)17-8-3-2-4-9-17/h2-4,7-11,14-15H,5-6,12-13H2,1H3/b20-14-. The zero-order valence-electron chi connectivity index (χ0n) is 17.1. The van der Waals surface area contributed by atoms with E-state index in [2.05, 4.69) is 22.0 Å².